The summed E-state index contributed by atoms with van der Waals surface area (Å²) in [5, 5.41) is 135. The van der Waals surface area contributed by atoms with E-state index in [-0.39, 0.29) is 12.3 Å². The number of amides is 2. The van der Waals surface area contributed by atoms with Crippen LogP contribution >= 0.6 is 0 Å². The first-order valence-corrected chi connectivity index (χ1v) is 27.7. The highest BCUT2D eigenvalue weighted by molar-refractivity contribution is 5.77. The van der Waals surface area contributed by atoms with Gasteiger partial charge < -0.3 is 100 Å². The zero-order chi connectivity index (χ0) is 56.2. The first-order chi connectivity index (χ1) is 36.4. The fourth-order valence-electron chi connectivity index (χ4n) is 9.58. The van der Waals surface area contributed by atoms with Crippen LogP contribution in [0.5, 0.6) is 0 Å². The Bertz CT molecular complexity index is 1680. The number of carboxylic acids is 1. The Morgan fingerprint density at radius 3 is 1.82 bits per heavy atom. The fraction of sp³-hybridized carbons (Fsp3) is 0.868. The molecule has 0 spiro atoms. The third kappa shape index (κ3) is 21.7. The third-order valence-corrected chi connectivity index (χ3v) is 14.1. The number of aliphatic hydroxyl groups excluding tert-OH is 11. The van der Waals surface area contributed by atoms with Gasteiger partial charge in [-0.1, -0.05) is 115 Å². The number of carbonyl (C=O) groups is 3. The molecule has 0 bridgehead atoms. The molecular formula is C53H94N2O21. The first kappa shape index (κ1) is 67.5. The van der Waals surface area contributed by atoms with Gasteiger partial charge in [0, 0.05) is 19.8 Å². The average molecular weight is 1100 g/mol. The Kier molecular flexibility index (Phi) is 32.4. The molecule has 0 aliphatic carbocycles. The molecular weight excluding hydrogens is 1000 g/mol. The molecule has 76 heavy (non-hydrogen) atoms. The van der Waals surface area contributed by atoms with Crippen molar-refractivity contribution >= 4 is 17.8 Å². The van der Waals surface area contributed by atoms with Crippen LogP contribution in [0.15, 0.2) is 24.3 Å². The molecule has 23 heteroatoms. The summed E-state index contributed by atoms with van der Waals surface area (Å²) in [6.45, 7) is 2.00. The van der Waals surface area contributed by atoms with Gasteiger partial charge in [-0.15, -0.1) is 0 Å². The number of hydrogen-bond acceptors (Lipinski definition) is 20. The molecule has 3 heterocycles. The van der Waals surface area contributed by atoms with Crippen molar-refractivity contribution in [3.8, 4) is 0 Å². The van der Waals surface area contributed by atoms with Gasteiger partial charge in [0.1, 0.15) is 67.1 Å². The van der Waals surface area contributed by atoms with E-state index in [9.17, 15) is 75.7 Å². The number of rotatable bonds is 38. The topological polar surface area (TPSA) is 373 Å². The lowest BCUT2D eigenvalue weighted by molar-refractivity contribution is -0.386. The third-order valence-electron chi connectivity index (χ3n) is 14.1. The lowest BCUT2D eigenvalue weighted by Crippen LogP contribution is -2.70. The normalized spacial score (nSPS) is 31.8. The molecule has 0 radical (unpaired) electrons. The minimum atomic E-state index is -3.08. The van der Waals surface area contributed by atoms with E-state index in [0.717, 1.165) is 64.7 Å². The number of aliphatic hydroxyl groups is 11. The van der Waals surface area contributed by atoms with Crippen molar-refractivity contribution in [3.63, 3.8) is 0 Å². The van der Waals surface area contributed by atoms with Gasteiger partial charge in [-0.05, 0) is 44.9 Å². The molecule has 0 saturated carbocycles. The van der Waals surface area contributed by atoms with Gasteiger partial charge in [-0.25, -0.2) is 4.79 Å². The highest BCUT2D eigenvalue weighted by Gasteiger charge is 2.60. The Balaban J connectivity index is 1.72. The molecule has 3 rings (SSSR count). The molecule has 0 aromatic rings. The van der Waals surface area contributed by atoms with Gasteiger partial charge in [-0.3, -0.25) is 9.59 Å². The maximum Gasteiger partial charge on any atom is 0.364 e. The van der Waals surface area contributed by atoms with Gasteiger partial charge in [0.2, 0.25) is 11.8 Å². The minimum Gasteiger partial charge on any atom is -0.477 e. The van der Waals surface area contributed by atoms with Gasteiger partial charge in [-0.2, -0.15) is 0 Å². The number of aliphatic carboxylic acids is 1. The van der Waals surface area contributed by atoms with Crippen molar-refractivity contribution in [1.82, 2.24) is 10.6 Å². The predicted molar refractivity (Wildman–Crippen MR) is 274 cm³/mol. The largest absolute Gasteiger partial charge is 0.477 e. The van der Waals surface area contributed by atoms with E-state index >= 15 is 0 Å². The summed E-state index contributed by atoms with van der Waals surface area (Å²) in [5.41, 5.74) is 0. The molecule has 3 aliphatic heterocycles. The number of ether oxygens (including phenoxy) is 6. The molecule has 3 aliphatic rings. The van der Waals surface area contributed by atoms with Crippen molar-refractivity contribution in [2.45, 2.75) is 265 Å². The Morgan fingerprint density at radius 2 is 1.24 bits per heavy atom. The molecule has 442 valence electrons. The van der Waals surface area contributed by atoms with E-state index in [4.69, 9.17) is 28.4 Å². The van der Waals surface area contributed by atoms with Crippen molar-refractivity contribution in [3.05, 3.63) is 24.3 Å². The quantitative estimate of drug-likeness (QED) is 0.0297. The number of allylic oxidation sites excluding steroid dienone is 3. The lowest BCUT2D eigenvalue weighted by Gasteiger charge is -2.50. The average Bonchev–Trinajstić information content (AvgIpc) is 3.39. The number of carbonyl (C=O) groups excluding carboxylic acids is 2. The Labute approximate surface area is 447 Å². The van der Waals surface area contributed by atoms with Gasteiger partial charge >= 0.3 is 5.97 Å². The monoisotopic (exact) mass is 1090 g/mol. The highest BCUT2D eigenvalue weighted by Crippen LogP contribution is 2.38. The van der Waals surface area contributed by atoms with Crippen LogP contribution in [0.4, 0.5) is 0 Å². The molecule has 0 aromatic heterocycles. The summed E-state index contributed by atoms with van der Waals surface area (Å²) in [4.78, 5) is 38.2. The molecule has 3 saturated heterocycles. The maximum absolute atomic E-state index is 13.3. The van der Waals surface area contributed by atoms with E-state index < -0.39 is 155 Å². The second kappa shape index (κ2) is 36.5. The van der Waals surface area contributed by atoms with E-state index in [1.165, 1.54) is 51.4 Å². The number of hydrogen-bond donors (Lipinski definition) is 14. The molecule has 18 unspecified atom stereocenters. The standard InChI is InChI=1S/C53H94N2O21/c1-4-6-8-10-12-14-16-17-19-21-23-25-27-40(63)55-34(35(60)26-24-22-20-18-15-13-11-9-7-5-2)32-71-50-45(67)44(66)47(39(31-58)73-50)74-51-46(68)49(43(65)38(30-57)72-51)76-53(52(69)70)28-36(61)41(54-33(3)59)48(75-53)42(64)37(62)29-56/h12,14,24,26,34-39,41-51,56-58,60-62,64-68H,4-11,13,15-23,25,27-32H2,1-3H3,(H,54,59)(H,55,63)(H,69,70)/b14-12-,26-24+. The van der Waals surface area contributed by atoms with Crippen LogP contribution in [0.2, 0.25) is 0 Å². The van der Waals surface area contributed by atoms with Crippen LogP contribution < -0.4 is 10.6 Å². The second-order valence-electron chi connectivity index (χ2n) is 20.4. The zero-order valence-corrected chi connectivity index (χ0v) is 44.8. The van der Waals surface area contributed by atoms with E-state index in [1.54, 1.807) is 6.08 Å². The Hall–Kier alpha value is -2.79. The molecule has 2 amide bonds. The van der Waals surface area contributed by atoms with Gasteiger partial charge in [0.15, 0.2) is 12.6 Å². The number of unbranched alkanes of at least 4 members (excludes halogenated alkanes) is 16. The number of nitrogens with one attached hydrogen (secondary N) is 2. The van der Waals surface area contributed by atoms with Gasteiger partial charge in [0.25, 0.3) is 5.79 Å². The highest BCUT2D eigenvalue weighted by atomic mass is 16.8. The lowest BCUT2D eigenvalue weighted by atomic mass is 9.88. The fourth-order valence-corrected chi connectivity index (χ4v) is 9.58. The van der Waals surface area contributed by atoms with Crippen molar-refractivity contribution in [2.75, 3.05) is 26.4 Å². The molecule has 18 atom stereocenters. The van der Waals surface area contributed by atoms with Crippen LogP contribution in [0.1, 0.15) is 156 Å². The summed E-state index contributed by atoms with van der Waals surface area (Å²) in [5.74, 6) is -6.16. The molecule has 0 aromatic carbocycles. The summed E-state index contributed by atoms with van der Waals surface area (Å²) in [7, 11) is 0. The zero-order valence-electron chi connectivity index (χ0n) is 44.8. The number of carboxylic acid groups (broad SMARTS) is 1. The smallest absolute Gasteiger partial charge is 0.364 e. The van der Waals surface area contributed by atoms with Crippen LogP contribution in [0, 0.1) is 0 Å². The Morgan fingerprint density at radius 1 is 0.684 bits per heavy atom. The van der Waals surface area contributed by atoms with E-state index in [0.29, 0.717) is 12.8 Å². The summed E-state index contributed by atoms with van der Waals surface area (Å²) in [6, 6.07) is -2.62. The van der Waals surface area contributed by atoms with Crippen LogP contribution in [0.25, 0.3) is 0 Å². The second-order valence-corrected chi connectivity index (χ2v) is 20.4. The van der Waals surface area contributed by atoms with Gasteiger partial charge in [0.05, 0.1) is 50.7 Å². The first-order valence-electron chi connectivity index (χ1n) is 27.7. The van der Waals surface area contributed by atoms with E-state index in [1.807, 2.05) is 6.08 Å². The summed E-state index contributed by atoms with van der Waals surface area (Å²) >= 11 is 0. The summed E-state index contributed by atoms with van der Waals surface area (Å²) < 4.78 is 34.5. The van der Waals surface area contributed by atoms with Crippen molar-refractivity contribution < 1.29 is 104 Å². The van der Waals surface area contributed by atoms with Crippen molar-refractivity contribution in [2.24, 2.45) is 0 Å². The van der Waals surface area contributed by atoms with Crippen LogP contribution in [-0.4, -0.2) is 215 Å². The van der Waals surface area contributed by atoms with Crippen LogP contribution in [-0.2, 0) is 42.8 Å². The predicted octanol–water partition coefficient (Wildman–Crippen LogP) is 0.601. The SMILES string of the molecule is CCCCC/C=C\CCCCCCCC(=O)NC(COC1OC(CO)C(OC2OC(CO)C(O)C(OC3(C(=O)O)CC(O)C(NC(C)=O)C(C(O)C(O)CO)O3)C2O)C(O)C1O)C(O)/C=C/CCCCCCCCCC. The summed E-state index contributed by atoms with van der Waals surface area (Å²) in [6.07, 6.45) is -1.42. The molecule has 23 nitrogen and oxygen atoms in total. The maximum atomic E-state index is 13.3. The molecule has 3 fully saturated rings. The minimum absolute atomic E-state index is 0.189. The van der Waals surface area contributed by atoms with Crippen LogP contribution in [0.3, 0.4) is 0 Å². The van der Waals surface area contributed by atoms with E-state index in [2.05, 4.69) is 36.6 Å². The molecule has 14 N–H and O–H groups in total. The van der Waals surface area contributed by atoms with Crippen molar-refractivity contribution in [1.29, 1.82) is 0 Å².